The van der Waals surface area contributed by atoms with E-state index in [0.29, 0.717) is 19.1 Å². The highest BCUT2D eigenvalue weighted by atomic mass is 127. The van der Waals surface area contributed by atoms with Crippen LogP contribution in [-0.4, -0.2) is 48.6 Å². The van der Waals surface area contributed by atoms with Crippen LogP contribution in [-0.2, 0) is 14.2 Å². The Morgan fingerprint density at radius 1 is 1.40 bits per heavy atom. The van der Waals surface area contributed by atoms with Gasteiger partial charge in [0.05, 0.1) is 13.7 Å². The number of esters is 1. The van der Waals surface area contributed by atoms with Crippen LogP contribution in [0, 0.1) is 0 Å². The van der Waals surface area contributed by atoms with Crippen LogP contribution in [0.2, 0.25) is 0 Å². The van der Waals surface area contributed by atoms with Gasteiger partial charge in [0, 0.05) is 17.1 Å². The van der Waals surface area contributed by atoms with Gasteiger partial charge in [0.2, 0.25) is 5.88 Å². The fourth-order valence-corrected chi connectivity index (χ4v) is 1.63. The molecule has 0 aliphatic carbocycles. The molecule has 0 aromatic carbocycles. The van der Waals surface area contributed by atoms with E-state index in [4.69, 9.17) is 14.2 Å². The van der Waals surface area contributed by atoms with Crippen molar-refractivity contribution in [3.05, 3.63) is 23.9 Å². The number of aromatic nitrogens is 1. The van der Waals surface area contributed by atoms with Crippen molar-refractivity contribution in [3.8, 4) is 5.88 Å². The van der Waals surface area contributed by atoms with Crippen molar-refractivity contribution >= 4 is 28.6 Å². The number of carbonyl (C=O) groups excluding carboxylic acids is 1. The van der Waals surface area contributed by atoms with E-state index < -0.39 is 12.3 Å². The minimum absolute atomic E-state index is 0.200. The summed E-state index contributed by atoms with van der Waals surface area (Å²) in [6.45, 7) is 3.22. The van der Waals surface area contributed by atoms with Gasteiger partial charge < -0.3 is 18.9 Å². The van der Waals surface area contributed by atoms with E-state index in [1.165, 1.54) is 7.11 Å². The highest BCUT2D eigenvalue weighted by Gasteiger charge is 2.12. The van der Waals surface area contributed by atoms with Gasteiger partial charge in [-0.3, -0.25) is 0 Å². The van der Waals surface area contributed by atoms with E-state index >= 15 is 0 Å². The summed E-state index contributed by atoms with van der Waals surface area (Å²) in [5.74, 6) is -0.173. The molecule has 1 aromatic heterocycles. The summed E-state index contributed by atoms with van der Waals surface area (Å²) in [6, 6.07) is 4.90. The number of hydrogen-bond donors (Lipinski definition) is 0. The first-order chi connectivity index (χ1) is 9.71. The molecule has 0 saturated heterocycles. The third-order valence-electron chi connectivity index (χ3n) is 2.22. The predicted octanol–water partition coefficient (Wildman–Crippen LogP) is 2.06. The molecule has 1 heterocycles. The first-order valence-electron chi connectivity index (χ1n) is 6.18. The van der Waals surface area contributed by atoms with Gasteiger partial charge in [0.1, 0.15) is 6.61 Å². The number of ether oxygens (including phenoxy) is 4. The van der Waals surface area contributed by atoms with Crippen LogP contribution < -0.4 is 4.74 Å². The third-order valence-corrected chi connectivity index (χ3v) is 2.66. The summed E-state index contributed by atoms with van der Waals surface area (Å²) >= 11 is 2.22. The number of halogens is 1. The number of carbonyl (C=O) groups is 1. The maximum absolute atomic E-state index is 11.4. The second kappa shape index (κ2) is 9.89. The lowest BCUT2D eigenvalue weighted by atomic mass is 10.3. The Kier molecular flexibility index (Phi) is 8.47. The van der Waals surface area contributed by atoms with Gasteiger partial charge in [-0.25, -0.2) is 9.78 Å². The molecule has 6 nitrogen and oxygen atoms in total. The molecule has 7 heteroatoms. The predicted molar refractivity (Wildman–Crippen MR) is 81.3 cm³/mol. The molecule has 1 aromatic rings. The highest BCUT2D eigenvalue weighted by molar-refractivity contribution is 14.1. The quantitative estimate of drug-likeness (QED) is 0.276. The molecule has 0 bridgehead atoms. The summed E-state index contributed by atoms with van der Waals surface area (Å²) in [4.78, 5) is 15.4. The fourth-order valence-electron chi connectivity index (χ4n) is 1.37. The van der Waals surface area contributed by atoms with Crippen molar-refractivity contribution in [3.63, 3.8) is 0 Å². The van der Waals surface area contributed by atoms with Gasteiger partial charge in [-0.15, -0.1) is 0 Å². The highest BCUT2D eigenvalue weighted by Crippen LogP contribution is 2.10. The standard InChI is InChI=1S/C13H18INO5/c1-3-18-12(19-8-7-14)9-20-11-6-4-5-10(15-11)13(16)17-2/h4-6,12H,3,7-9H2,1-2H3. The minimum Gasteiger partial charge on any atom is -0.472 e. The molecule has 0 fully saturated rings. The van der Waals surface area contributed by atoms with E-state index in [1.807, 2.05) is 6.92 Å². The zero-order valence-corrected chi connectivity index (χ0v) is 13.7. The Hall–Kier alpha value is -0.930. The number of hydrogen-bond acceptors (Lipinski definition) is 6. The number of pyridine rings is 1. The number of methoxy groups -OCH3 is 1. The molecule has 1 atom stereocenters. The number of alkyl halides is 1. The van der Waals surface area contributed by atoms with Gasteiger partial charge in [-0.1, -0.05) is 28.7 Å². The third kappa shape index (κ3) is 6.02. The molecule has 20 heavy (non-hydrogen) atoms. The molecule has 0 aliphatic rings. The normalized spacial score (nSPS) is 11.9. The van der Waals surface area contributed by atoms with E-state index in [0.717, 1.165) is 4.43 Å². The maximum Gasteiger partial charge on any atom is 0.356 e. The van der Waals surface area contributed by atoms with Gasteiger partial charge in [-0.05, 0) is 13.0 Å². The Bertz CT molecular complexity index is 416. The van der Waals surface area contributed by atoms with Gasteiger partial charge in [0.25, 0.3) is 0 Å². The van der Waals surface area contributed by atoms with Crippen molar-refractivity contribution in [2.45, 2.75) is 13.2 Å². The average Bonchev–Trinajstić information content (AvgIpc) is 2.49. The van der Waals surface area contributed by atoms with Gasteiger partial charge >= 0.3 is 5.97 Å². The summed E-state index contributed by atoms with van der Waals surface area (Å²) in [5.41, 5.74) is 0.200. The Balaban J connectivity index is 2.56. The van der Waals surface area contributed by atoms with Crippen LogP contribution in [0.3, 0.4) is 0 Å². The van der Waals surface area contributed by atoms with Crippen molar-refractivity contribution in [1.82, 2.24) is 4.98 Å². The van der Waals surface area contributed by atoms with E-state index in [-0.39, 0.29) is 12.3 Å². The minimum atomic E-state index is -0.502. The van der Waals surface area contributed by atoms with E-state index in [9.17, 15) is 4.79 Å². The largest absolute Gasteiger partial charge is 0.472 e. The average molecular weight is 395 g/mol. The molecule has 1 unspecified atom stereocenters. The number of rotatable bonds is 9. The molecule has 0 N–H and O–H groups in total. The van der Waals surface area contributed by atoms with Crippen LogP contribution in [0.25, 0.3) is 0 Å². The van der Waals surface area contributed by atoms with E-state index in [1.54, 1.807) is 18.2 Å². The summed E-state index contributed by atoms with van der Waals surface area (Å²) in [5, 5.41) is 0. The lowest BCUT2D eigenvalue weighted by Gasteiger charge is -2.17. The van der Waals surface area contributed by atoms with Crippen LogP contribution in [0.1, 0.15) is 17.4 Å². The molecule has 0 amide bonds. The van der Waals surface area contributed by atoms with Crippen molar-refractivity contribution in [1.29, 1.82) is 0 Å². The molecular formula is C13H18INO5. The zero-order chi connectivity index (χ0) is 14.8. The topological polar surface area (TPSA) is 66.9 Å². The first kappa shape index (κ1) is 17.1. The van der Waals surface area contributed by atoms with Crippen LogP contribution in [0.5, 0.6) is 5.88 Å². The van der Waals surface area contributed by atoms with Crippen LogP contribution >= 0.6 is 22.6 Å². The van der Waals surface area contributed by atoms with Crippen molar-refractivity contribution in [2.24, 2.45) is 0 Å². The van der Waals surface area contributed by atoms with Crippen LogP contribution in [0.15, 0.2) is 18.2 Å². The van der Waals surface area contributed by atoms with Crippen LogP contribution in [0.4, 0.5) is 0 Å². The molecule has 0 aliphatic heterocycles. The van der Waals surface area contributed by atoms with Gasteiger partial charge in [-0.2, -0.15) is 0 Å². The molecular weight excluding hydrogens is 377 g/mol. The Morgan fingerprint density at radius 2 is 2.20 bits per heavy atom. The monoisotopic (exact) mass is 395 g/mol. The summed E-state index contributed by atoms with van der Waals surface area (Å²) < 4.78 is 21.8. The van der Waals surface area contributed by atoms with Gasteiger partial charge in [0.15, 0.2) is 12.0 Å². The van der Waals surface area contributed by atoms with E-state index in [2.05, 4.69) is 32.3 Å². The molecule has 0 saturated carbocycles. The number of nitrogens with zero attached hydrogens (tertiary/aromatic N) is 1. The zero-order valence-electron chi connectivity index (χ0n) is 11.5. The molecule has 0 radical (unpaired) electrons. The molecule has 1 rings (SSSR count). The second-order valence-corrected chi connectivity index (χ2v) is 4.69. The lowest BCUT2D eigenvalue weighted by molar-refractivity contribution is -0.151. The maximum atomic E-state index is 11.4. The van der Waals surface area contributed by atoms with Crippen molar-refractivity contribution < 1.29 is 23.7 Å². The molecule has 112 valence electrons. The Morgan fingerprint density at radius 3 is 2.85 bits per heavy atom. The second-order valence-electron chi connectivity index (χ2n) is 3.61. The van der Waals surface area contributed by atoms with Crippen molar-refractivity contribution in [2.75, 3.05) is 31.4 Å². The smallest absolute Gasteiger partial charge is 0.356 e. The summed E-state index contributed by atoms with van der Waals surface area (Å²) in [7, 11) is 1.31. The SMILES string of the molecule is CCOC(COc1cccc(C(=O)OC)n1)OCCI. The first-order valence-corrected chi connectivity index (χ1v) is 7.71. The summed E-state index contributed by atoms with van der Waals surface area (Å²) in [6.07, 6.45) is -0.446. The fraction of sp³-hybridized carbons (Fsp3) is 0.538. The molecule has 0 spiro atoms. The Labute approximate surface area is 131 Å². The lowest BCUT2D eigenvalue weighted by Crippen LogP contribution is -2.26.